The minimum Gasteiger partial charge on any atom is -0.343 e. The van der Waals surface area contributed by atoms with E-state index < -0.39 is 29.2 Å². The molecule has 0 aliphatic carbocycles. The van der Waals surface area contributed by atoms with Crippen LogP contribution in [0.3, 0.4) is 0 Å². The van der Waals surface area contributed by atoms with E-state index in [0.29, 0.717) is 22.5 Å². The molecule has 0 fully saturated rings. The second-order valence-electron chi connectivity index (χ2n) is 9.38. The molecule has 0 saturated carbocycles. The summed E-state index contributed by atoms with van der Waals surface area (Å²) in [4.78, 5) is 9.52. The Kier molecular flexibility index (Phi) is 8.31. The van der Waals surface area contributed by atoms with E-state index in [-0.39, 0.29) is 32.7 Å². The van der Waals surface area contributed by atoms with E-state index in [1.54, 1.807) is 24.3 Å². The first-order valence-electron chi connectivity index (χ1n) is 12.7. The van der Waals surface area contributed by atoms with Crippen molar-refractivity contribution < 1.29 is 47.4 Å². The molecule has 224 valence electrons. The van der Waals surface area contributed by atoms with Gasteiger partial charge in [0.2, 0.25) is 0 Å². The molecule has 2 aromatic carbocycles. The first kappa shape index (κ1) is 30.9. The summed E-state index contributed by atoms with van der Waals surface area (Å²) in [6.07, 6.45) is -4.40. The molecule has 0 aliphatic heterocycles. The number of halogens is 6. The molecule has 4 heterocycles. The minimum atomic E-state index is -4.67. The molecule has 6 nitrogen and oxygen atoms in total. The zero-order valence-corrected chi connectivity index (χ0v) is 24.4. The predicted molar refractivity (Wildman–Crippen MR) is 142 cm³/mol. The monoisotopic (exact) mass is 783 g/mol. The molecule has 0 spiro atoms. The molecule has 0 saturated heterocycles. The maximum absolute atomic E-state index is 13.3. The number of aromatic nitrogens is 6. The van der Waals surface area contributed by atoms with Crippen molar-refractivity contribution >= 4 is 0 Å². The molecule has 0 bridgehead atoms. The number of alkyl halides is 6. The normalized spacial score (nSPS) is 12.1. The van der Waals surface area contributed by atoms with E-state index in [0.717, 1.165) is 21.5 Å². The van der Waals surface area contributed by atoms with Gasteiger partial charge in [-0.1, -0.05) is 97.3 Å². The van der Waals surface area contributed by atoms with Gasteiger partial charge in [-0.15, -0.1) is 12.1 Å². The fraction of sp³-hybridized carbons (Fsp3) is 0.0968. The molecule has 4 aromatic heterocycles. The molecule has 44 heavy (non-hydrogen) atoms. The average molecular weight is 784 g/mol. The molecular formula is C31H18F6N6Pt. The van der Waals surface area contributed by atoms with Crippen LogP contribution in [0.2, 0.25) is 0 Å². The third-order valence-corrected chi connectivity index (χ3v) is 6.73. The molecule has 0 atom stereocenters. The molecular weight excluding hydrogens is 765 g/mol. The van der Waals surface area contributed by atoms with Crippen molar-refractivity contribution in [1.29, 1.82) is 0 Å². The molecule has 0 aliphatic rings. The van der Waals surface area contributed by atoms with Crippen molar-refractivity contribution in [2.45, 2.75) is 17.8 Å². The zero-order chi connectivity index (χ0) is 30.2. The Balaban J connectivity index is 0.00000384. The number of hydrogen-bond acceptors (Lipinski definition) is 4. The molecule has 6 aromatic rings. The Morgan fingerprint density at radius 3 is 1.20 bits per heavy atom. The third kappa shape index (κ3) is 5.69. The summed E-state index contributed by atoms with van der Waals surface area (Å²) >= 11 is 0. The third-order valence-electron chi connectivity index (χ3n) is 6.73. The molecule has 0 amide bonds. The van der Waals surface area contributed by atoms with Crippen LogP contribution >= 0.6 is 0 Å². The molecule has 0 radical (unpaired) electrons. The summed E-state index contributed by atoms with van der Waals surface area (Å²) in [5, 5.41) is 7.24. The largest absolute Gasteiger partial charge is 2.00 e. The number of rotatable bonds is 6. The van der Waals surface area contributed by atoms with Crippen LogP contribution in [0.25, 0.3) is 11.6 Å². The molecule has 0 N–H and O–H groups in total. The summed E-state index contributed by atoms with van der Waals surface area (Å²) in [5.74, 6) is 0.131. The van der Waals surface area contributed by atoms with E-state index in [2.05, 4.69) is 22.6 Å². The van der Waals surface area contributed by atoms with Crippen molar-refractivity contribution in [2.24, 2.45) is 0 Å². The Morgan fingerprint density at radius 1 is 0.477 bits per heavy atom. The van der Waals surface area contributed by atoms with Gasteiger partial charge in [0.15, 0.2) is 0 Å². The summed E-state index contributed by atoms with van der Waals surface area (Å²) in [7, 11) is 0. The van der Waals surface area contributed by atoms with Crippen LogP contribution in [-0.4, -0.2) is 29.5 Å². The van der Waals surface area contributed by atoms with Gasteiger partial charge in [-0.2, -0.15) is 26.3 Å². The van der Waals surface area contributed by atoms with Crippen molar-refractivity contribution in [1.82, 2.24) is 29.5 Å². The maximum Gasteiger partial charge on any atom is 2.00 e. The summed E-state index contributed by atoms with van der Waals surface area (Å²) < 4.78 is 81.6. The topological polar surface area (TPSA) is 61.4 Å². The second-order valence-corrected chi connectivity index (χ2v) is 9.38. The van der Waals surface area contributed by atoms with Gasteiger partial charge in [0.1, 0.15) is 5.41 Å². The quantitative estimate of drug-likeness (QED) is 0.137. The van der Waals surface area contributed by atoms with Crippen LogP contribution < -0.4 is 0 Å². The Morgan fingerprint density at radius 2 is 0.864 bits per heavy atom. The first-order valence-corrected chi connectivity index (χ1v) is 12.7. The first-order chi connectivity index (χ1) is 20.6. The van der Waals surface area contributed by atoms with E-state index in [1.807, 2.05) is 60.7 Å². The van der Waals surface area contributed by atoms with Crippen molar-refractivity contribution in [3.05, 3.63) is 155 Å². The molecule has 6 rings (SSSR count). The smallest absolute Gasteiger partial charge is 0.343 e. The molecule has 13 heteroatoms. The van der Waals surface area contributed by atoms with Crippen molar-refractivity contribution in [3.63, 3.8) is 0 Å². The standard InChI is InChI=1S/C31H18F6N6.Pt/c32-30(33,34)25-17-19-42(40-25)27-15-7-13-23(38-27)29(21-9-3-1-4-10-21,22-11-5-2-6-12-22)24-14-8-16-28(39-24)43-20-18-26(41-43)31(35,36)37;/h1-18H;/q-2;+2. The van der Waals surface area contributed by atoms with Crippen molar-refractivity contribution in [2.75, 3.05) is 0 Å². The van der Waals surface area contributed by atoms with Gasteiger partial charge < -0.3 is 9.36 Å². The molecule has 0 unspecified atom stereocenters. The number of nitrogens with zero attached hydrogens (tertiary/aromatic N) is 6. The fourth-order valence-corrected chi connectivity index (χ4v) is 4.85. The maximum atomic E-state index is 13.3. The fourth-order valence-electron chi connectivity index (χ4n) is 4.85. The van der Waals surface area contributed by atoms with E-state index in [1.165, 1.54) is 12.1 Å². The Labute approximate surface area is 261 Å². The van der Waals surface area contributed by atoms with Gasteiger partial charge in [0.25, 0.3) is 0 Å². The second kappa shape index (κ2) is 11.8. The number of hydrogen-bond donors (Lipinski definition) is 0. The number of benzene rings is 2. The summed E-state index contributed by atoms with van der Waals surface area (Å²) in [6.45, 7) is 0. The van der Waals surface area contributed by atoms with Gasteiger partial charge in [-0.25, -0.2) is 0 Å². The van der Waals surface area contributed by atoms with Crippen LogP contribution in [0.1, 0.15) is 33.9 Å². The van der Waals surface area contributed by atoms with Gasteiger partial charge >= 0.3 is 33.4 Å². The van der Waals surface area contributed by atoms with E-state index in [4.69, 9.17) is 9.97 Å². The minimum absolute atomic E-state index is 0. The SMILES string of the molecule is FC(F)(F)c1c[c-]n(-c2cccc(C(c3ccccc3)(c3ccccc3)c3cccc(-n4[c-]cc(C(F)(F)F)n4)n3)n2)n1.[Pt+2]. The van der Waals surface area contributed by atoms with Gasteiger partial charge in [-0.3, -0.25) is 20.2 Å². The Hall–Kier alpha value is -4.57. The van der Waals surface area contributed by atoms with Crippen LogP contribution in [0.15, 0.2) is 109 Å². The predicted octanol–water partition coefficient (Wildman–Crippen LogP) is 6.87. The van der Waals surface area contributed by atoms with Gasteiger partial charge in [0, 0.05) is 11.4 Å². The summed E-state index contributed by atoms with van der Waals surface area (Å²) in [5.41, 5.74) is -1.42. The van der Waals surface area contributed by atoms with E-state index in [9.17, 15) is 26.3 Å². The van der Waals surface area contributed by atoms with E-state index >= 15 is 0 Å². The average Bonchev–Trinajstić information content (AvgIpc) is 3.71. The van der Waals surface area contributed by atoms with Crippen LogP contribution in [0.4, 0.5) is 26.3 Å². The van der Waals surface area contributed by atoms with Crippen LogP contribution in [0.5, 0.6) is 0 Å². The Bertz CT molecular complexity index is 1730. The zero-order valence-electron chi connectivity index (χ0n) is 22.2. The summed E-state index contributed by atoms with van der Waals surface area (Å²) in [6, 6.07) is 29.4. The van der Waals surface area contributed by atoms with Crippen LogP contribution in [0, 0.1) is 12.4 Å². The van der Waals surface area contributed by atoms with Gasteiger partial charge in [0.05, 0.1) is 23.0 Å². The number of pyridine rings is 2. The van der Waals surface area contributed by atoms with Crippen molar-refractivity contribution in [3.8, 4) is 11.6 Å². The van der Waals surface area contributed by atoms with Gasteiger partial charge in [-0.05, 0) is 23.3 Å². The van der Waals surface area contributed by atoms with Crippen LogP contribution in [-0.2, 0) is 38.8 Å².